The van der Waals surface area contributed by atoms with Crippen LogP contribution in [0.25, 0.3) is 21.7 Å². The second kappa shape index (κ2) is 7.06. The van der Waals surface area contributed by atoms with Crippen LogP contribution < -0.4 is 10.0 Å². The molecular weight excluding hydrogens is 358 g/mol. The molecule has 0 amide bonds. The molecule has 3 N–H and O–H groups in total. The van der Waals surface area contributed by atoms with E-state index in [0.29, 0.717) is 11.1 Å². The first-order valence-electron chi connectivity index (χ1n) is 8.84. The summed E-state index contributed by atoms with van der Waals surface area (Å²) < 4.78 is 28.8. The normalized spacial score (nSPS) is 11.9. The molecule has 5 nitrogen and oxygen atoms in total. The highest BCUT2D eigenvalue weighted by Gasteiger charge is 2.17. The van der Waals surface area contributed by atoms with Crippen molar-refractivity contribution >= 4 is 37.4 Å². The molecule has 1 heterocycles. The van der Waals surface area contributed by atoms with Gasteiger partial charge in [-0.3, -0.25) is 4.72 Å². The fraction of sp³-hybridized carbons (Fsp3) is 0.143. The zero-order valence-electron chi connectivity index (χ0n) is 15.0. The van der Waals surface area contributed by atoms with E-state index in [1.165, 1.54) is 0 Å². The molecule has 6 heteroatoms. The van der Waals surface area contributed by atoms with Gasteiger partial charge in [0, 0.05) is 28.2 Å². The Morgan fingerprint density at radius 2 is 1.78 bits per heavy atom. The van der Waals surface area contributed by atoms with Crippen LogP contribution in [-0.4, -0.2) is 27.0 Å². The summed E-state index contributed by atoms with van der Waals surface area (Å²) in [5.74, 6) is 0. The van der Waals surface area contributed by atoms with Crippen LogP contribution in [0.15, 0.2) is 71.8 Å². The highest BCUT2D eigenvalue weighted by atomic mass is 32.2. The zero-order valence-corrected chi connectivity index (χ0v) is 15.8. The van der Waals surface area contributed by atoms with Crippen molar-refractivity contribution in [3.05, 3.63) is 72.4 Å². The van der Waals surface area contributed by atoms with Crippen LogP contribution in [0.3, 0.4) is 0 Å². The molecule has 1 aromatic heterocycles. The van der Waals surface area contributed by atoms with Crippen molar-refractivity contribution in [2.24, 2.45) is 0 Å². The van der Waals surface area contributed by atoms with Crippen LogP contribution in [0.1, 0.15) is 5.56 Å². The molecule has 0 fully saturated rings. The second-order valence-electron chi connectivity index (χ2n) is 6.51. The molecule has 0 saturated carbocycles. The van der Waals surface area contributed by atoms with Gasteiger partial charge in [0.15, 0.2) is 0 Å². The molecule has 0 aliphatic rings. The number of hydrogen-bond acceptors (Lipinski definition) is 3. The Balaban J connectivity index is 1.72. The van der Waals surface area contributed by atoms with Crippen molar-refractivity contribution in [2.45, 2.75) is 11.3 Å². The van der Waals surface area contributed by atoms with Crippen LogP contribution in [0, 0.1) is 0 Å². The van der Waals surface area contributed by atoms with Crippen molar-refractivity contribution in [2.75, 3.05) is 18.3 Å². The average molecular weight is 379 g/mol. The minimum absolute atomic E-state index is 0.283. The quantitative estimate of drug-likeness (QED) is 0.476. The van der Waals surface area contributed by atoms with Gasteiger partial charge >= 0.3 is 0 Å². The molecule has 0 aliphatic heterocycles. The highest BCUT2D eigenvalue weighted by molar-refractivity contribution is 7.93. The molecule has 0 spiro atoms. The summed E-state index contributed by atoms with van der Waals surface area (Å²) in [7, 11) is -1.78. The van der Waals surface area contributed by atoms with E-state index in [9.17, 15) is 8.42 Å². The summed E-state index contributed by atoms with van der Waals surface area (Å²) in [6.45, 7) is 0.860. The SMILES string of the molecule is CNCCc1c[nH]c2ccc(NS(=O)(=O)c3cccc4ccccc34)cc12. The fourth-order valence-corrected chi connectivity index (χ4v) is 4.63. The number of aromatic amines is 1. The van der Waals surface area contributed by atoms with Gasteiger partial charge in [-0.05, 0) is 55.2 Å². The van der Waals surface area contributed by atoms with Crippen LogP contribution in [0.5, 0.6) is 0 Å². The molecular formula is C21H21N3O2S. The lowest BCUT2D eigenvalue weighted by Gasteiger charge is -2.11. The van der Waals surface area contributed by atoms with Crippen LogP contribution >= 0.6 is 0 Å². The summed E-state index contributed by atoms with van der Waals surface area (Å²) in [6.07, 6.45) is 2.85. The number of sulfonamides is 1. The number of H-pyrrole nitrogens is 1. The van der Waals surface area contributed by atoms with E-state index < -0.39 is 10.0 Å². The third-order valence-corrected chi connectivity index (χ3v) is 6.14. The first-order valence-corrected chi connectivity index (χ1v) is 10.3. The van der Waals surface area contributed by atoms with Gasteiger partial charge in [-0.1, -0.05) is 36.4 Å². The zero-order chi connectivity index (χ0) is 18.9. The van der Waals surface area contributed by atoms with Crippen molar-refractivity contribution in [1.82, 2.24) is 10.3 Å². The highest BCUT2D eigenvalue weighted by Crippen LogP contribution is 2.27. The Hall–Kier alpha value is -2.83. The van der Waals surface area contributed by atoms with Crippen molar-refractivity contribution in [3.8, 4) is 0 Å². The number of aromatic nitrogens is 1. The molecule has 0 aliphatic carbocycles. The maximum Gasteiger partial charge on any atom is 0.262 e. The van der Waals surface area contributed by atoms with Gasteiger partial charge in [-0.2, -0.15) is 0 Å². The Bertz CT molecular complexity index is 1210. The Morgan fingerprint density at radius 3 is 2.63 bits per heavy atom. The second-order valence-corrected chi connectivity index (χ2v) is 8.16. The minimum atomic E-state index is -3.69. The molecule has 0 bridgehead atoms. The number of rotatable bonds is 6. The molecule has 4 aromatic rings. The number of likely N-dealkylation sites (N-methyl/N-ethyl adjacent to an activating group) is 1. The standard InChI is InChI=1S/C21H21N3O2S/c1-22-12-11-16-14-23-20-10-9-17(13-19(16)20)24-27(25,26)21-8-4-6-15-5-2-3-7-18(15)21/h2-10,13-14,22-24H,11-12H2,1H3. The Kier molecular flexibility index (Phi) is 4.59. The molecule has 3 aromatic carbocycles. The summed E-state index contributed by atoms with van der Waals surface area (Å²) >= 11 is 0. The first kappa shape index (κ1) is 17.6. The van der Waals surface area contributed by atoms with Gasteiger partial charge in [0.2, 0.25) is 0 Å². The Morgan fingerprint density at radius 1 is 0.963 bits per heavy atom. The topological polar surface area (TPSA) is 74.0 Å². The molecule has 0 unspecified atom stereocenters. The van der Waals surface area contributed by atoms with Crippen LogP contribution in [0.2, 0.25) is 0 Å². The summed E-state index contributed by atoms with van der Waals surface area (Å²) in [5.41, 5.74) is 2.71. The molecule has 27 heavy (non-hydrogen) atoms. The van der Waals surface area contributed by atoms with Gasteiger partial charge in [-0.25, -0.2) is 8.42 Å². The monoisotopic (exact) mass is 379 g/mol. The average Bonchev–Trinajstić information content (AvgIpc) is 3.07. The third kappa shape index (κ3) is 3.41. The van der Waals surface area contributed by atoms with Gasteiger partial charge in [0.1, 0.15) is 0 Å². The maximum absolute atomic E-state index is 13.0. The lowest BCUT2D eigenvalue weighted by molar-refractivity contribution is 0.602. The largest absolute Gasteiger partial charge is 0.361 e. The van der Waals surface area contributed by atoms with E-state index in [1.54, 1.807) is 18.2 Å². The molecule has 4 rings (SSSR count). The summed E-state index contributed by atoms with van der Waals surface area (Å²) in [5, 5.41) is 5.78. The van der Waals surface area contributed by atoms with Gasteiger partial charge in [-0.15, -0.1) is 0 Å². The lowest BCUT2D eigenvalue weighted by Crippen LogP contribution is -2.13. The van der Waals surface area contributed by atoms with E-state index in [1.807, 2.05) is 55.7 Å². The maximum atomic E-state index is 13.0. The van der Waals surface area contributed by atoms with E-state index >= 15 is 0 Å². The van der Waals surface area contributed by atoms with Gasteiger partial charge in [0.25, 0.3) is 10.0 Å². The van der Waals surface area contributed by atoms with E-state index in [-0.39, 0.29) is 4.90 Å². The molecule has 0 atom stereocenters. The van der Waals surface area contributed by atoms with Crippen molar-refractivity contribution in [3.63, 3.8) is 0 Å². The van der Waals surface area contributed by atoms with Crippen molar-refractivity contribution < 1.29 is 8.42 Å². The van der Waals surface area contributed by atoms with Crippen LogP contribution in [0.4, 0.5) is 5.69 Å². The number of benzene rings is 3. The van der Waals surface area contributed by atoms with Crippen LogP contribution in [-0.2, 0) is 16.4 Å². The minimum Gasteiger partial charge on any atom is -0.361 e. The van der Waals surface area contributed by atoms with Gasteiger partial charge < -0.3 is 10.3 Å². The predicted molar refractivity (Wildman–Crippen MR) is 111 cm³/mol. The number of hydrogen-bond donors (Lipinski definition) is 3. The summed E-state index contributed by atoms with van der Waals surface area (Å²) in [4.78, 5) is 3.52. The summed E-state index contributed by atoms with van der Waals surface area (Å²) in [6, 6.07) is 18.4. The van der Waals surface area contributed by atoms with E-state index in [2.05, 4.69) is 15.0 Å². The van der Waals surface area contributed by atoms with Gasteiger partial charge in [0.05, 0.1) is 4.90 Å². The molecule has 0 saturated heterocycles. The van der Waals surface area contributed by atoms with E-state index in [0.717, 1.165) is 34.8 Å². The first-order chi connectivity index (χ1) is 13.1. The molecule has 138 valence electrons. The number of nitrogens with one attached hydrogen (secondary N) is 3. The van der Waals surface area contributed by atoms with E-state index in [4.69, 9.17) is 0 Å². The lowest BCUT2D eigenvalue weighted by atomic mass is 10.1. The van der Waals surface area contributed by atoms with Crippen molar-refractivity contribution in [1.29, 1.82) is 0 Å². The number of anilines is 1. The third-order valence-electron chi connectivity index (χ3n) is 4.70. The number of fused-ring (bicyclic) bond motifs is 2. The fourth-order valence-electron chi connectivity index (χ4n) is 3.35. The molecule has 0 radical (unpaired) electrons. The predicted octanol–water partition coefficient (Wildman–Crippen LogP) is 3.88. The Labute approximate surface area is 158 Å². The smallest absolute Gasteiger partial charge is 0.262 e.